The van der Waals surface area contributed by atoms with Gasteiger partial charge in [-0.2, -0.15) is 0 Å². The summed E-state index contributed by atoms with van der Waals surface area (Å²) in [6.45, 7) is 3.76. The molecule has 0 aliphatic heterocycles. The number of carbonyl (C=O) groups excluding carboxylic acids is 2. The Morgan fingerprint density at radius 2 is 2.06 bits per heavy atom. The van der Waals surface area contributed by atoms with Crippen LogP contribution in [-0.4, -0.2) is 31.6 Å². The van der Waals surface area contributed by atoms with E-state index in [1.807, 2.05) is 6.92 Å². The monoisotopic (exact) mass is 250 g/mol. The van der Waals surface area contributed by atoms with Crippen LogP contribution in [0.3, 0.4) is 0 Å². The van der Waals surface area contributed by atoms with E-state index in [4.69, 9.17) is 10.5 Å². The molecule has 3 N–H and O–H groups in total. The van der Waals surface area contributed by atoms with Gasteiger partial charge in [0.05, 0.1) is 0 Å². The second-order valence-electron chi connectivity index (χ2n) is 3.75. The molecule has 0 radical (unpaired) electrons. The van der Waals surface area contributed by atoms with Crippen molar-refractivity contribution in [3.8, 4) is 0 Å². The maximum absolute atomic E-state index is 11.7. The van der Waals surface area contributed by atoms with E-state index >= 15 is 0 Å². The predicted molar refractivity (Wildman–Crippen MR) is 68.4 cm³/mol. The number of carbonyl (C=O) groups is 2. The van der Waals surface area contributed by atoms with E-state index in [-0.39, 0.29) is 5.91 Å². The van der Waals surface area contributed by atoms with Crippen LogP contribution in [0, 0.1) is 0 Å². The molecule has 0 saturated heterocycles. The topological polar surface area (TPSA) is 81.4 Å². The molecule has 0 bridgehead atoms. The fourth-order valence-electron chi connectivity index (χ4n) is 1.44. The molecule has 98 valence electrons. The third-order valence-corrected chi connectivity index (χ3v) is 2.36. The molecule has 0 atom stereocenters. The molecule has 0 heterocycles. The highest BCUT2D eigenvalue weighted by Crippen LogP contribution is 2.04. The van der Waals surface area contributed by atoms with Gasteiger partial charge in [-0.1, -0.05) is 6.07 Å². The molecule has 0 saturated carbocycles. The van der Waals surface area contributed by atoms with Crippen LogP contribution in [0.15, 0.2) is 24.3 Å². The van der Waals surface area contributed by atoms with Crippen LogP contribution in [0.2, 0.25) is 0 Å². The van der Waals surface area contributed by atoms with E-state index in [1.165, 1.54) is 6.07 Å². The molecule has 18 heavy (non-hydrogen) atoms. The van der Waals surface area contributed by atoms with Crippen LogP contribution in [-0.2, 0) is 4.74 Å². The first-order valence-electron chi connectivity index (χ1n) is 5.91. The molecule has 2 amide bonds. The lowest BCUT2D eigenvalue weighted by Crippen LogP contribution is -2.25. The van der Waals surface area contributed by atoms with Crippen LogP contribution in [0.1, 0.15) is 34.1 Å². The highest BCUT2D eigenvalue weighted by atomic mass is 16.5. The fourth-order valence-corrected chi connectivity index (χ4v) is 1.44. The molecule has 5 heteroatoms. The Morgan fingerprint density at radius 1 is 1.33 bits per heavy atom. The van der Waals surface area contributed by atoms with E-state index in [9.17, 15) is 9.59 Å². The van der Waals surface area contributed by atoms with Gasteiger partial charge in [0.15, 0.2) is 0 Å². The van der Waals surface area contributed by atoms with E-state index in [0.29, 0.717) is 30.9 Å². The lowest BCUT2D eigenvalue weighted by molar-refractivity contribution is 0.0944. The first kappa shape index (κ1) is 14.2. The molecule has 0 spiro atoms. The number of benzene rings is 1. The van der Waals surface area contributed by atoms with Crippen molar-refractivity contribution in [2.24, 2.45) is 5.73 Å². The van der Waals surface area contributed by atoms with Crippen LogP contribution in [0.5, 0.6) is 0 Å². The Morgan fingerprint density at radius 3 is 2.72 bits per heavy atom. The predicted octanol–water partition coefficient (Wildman–Crippen LogP) is 0.942. The van der Waals surface area contributed by atoms with Crippen molar-refractivity contribution in [1.82, 2.24) is 5.32 Å². The van der Waals surface area contributed by atoms with Crippen molar-refractivity contribution in [2.45, 2.75) is 13.3 Å². The largest absolute Gasteiger partial charge is 0.382 e. The molecule has 0 fully saturated rings. The van der Waals surface area contributed by atoms with Crippen molar-refractivity contribution in [2.75, 3.05) is 19.8 Å². The maximum atomic E-state index is 11.7. The fraction of sp³-hybridized carbons (Fsp3) is 0.385. The van der Waals surface area contributed by atoms with Gasteiger partial charge < -0.3 is 15.8 Å². The number of ether oxygens (including phenoxy) is 1. The summed E-state index contributed by atoms with van der Waals surface area (Å²) in [5, 5.41) is 2.75. The molecule has 0 aromatic heterocycles. The molecular formula is C13H18N2O3. The van der Waals surface area contributed by atoms with Gasteiger partial charge in [-0.25, -0.2) is 0 Å². The lowest BCUT2D eigenvalue weighted by Gasteiger charge is -2.06. The van der Waals surface area contributed by atoms with Gasteiger partial charge in [0.1, 0.15) is 0 Å². The van der Waals surface area contributed by atoms with Crippen molar-refractivity contribution in [1.29, 1.82) is 0 Å². The zero-order valence-electron chi connectivity index (χ0n) is 10.4. The number of nitrogens with one attached hydrogen (secondary N) is 1. The van der Waals surface area contributed by atoms with Crippen LogP contribution >= 0.6 is 0 Å². The third kappa shape index (κ3) is 4.55. The van der Waals surface area contributed by atoms with Gasteiger partial charge in [0, 0.05) is 30.9 Å². The number of primary amides is 1. The number of nitrogens with two attached hydrogens (primary N) is 1. The average Bonchev–Trinajstić information content (AvgIpc) is 2.38. The Hall–Kier alpha value is -1.88. The first-order valence-corrected chi connectivity index (χ1v) is 5.91. The minimum atomic E-state index is -0.541. The second kappa shape index (κ2) is 7.45. The molecule has 5 nitrogen and oxygen atoms in total. The molecule has 1 aromatic rings. The van der Waals surface area contributed by atoms with E-state index < -0.39 is 5.91 Å². The van der Waals surface area contributed by atoms with Crippen molar-refractivity contribution in [3.63, 3.8) is 0 Å². The van der Waals surface area contributed by atoms with Gasteiger partial charge in [-0.15, -0.1) is 0 Å². The van der Waals surface area contributed by atoms with Gasteiger partial charge in [0.2, 0.25) is 5.91 Å². The van der Waals surface area contributed by atoms with Crippen LogP contribution < -0.4 is 11.1 Å². The molecule has 0 unspecified atom stereocenters. The summed E-state index contributed by atoms with van der Waals surface area (Å²) < 4.78 is 5.16. The second-order valence-corrected chi connectivity index (χ2v) is 3.75. The summed E-state index contributed by atoms with van der Waals surface area (Å²) in [7, 11) is 0. The SMILES string of the molecule is CCOCCCNC(=O)c1cccc(C(N)=O)c1. The molecule has 1 rings (SSSR count). The number of amides is 2. The average molecular weight is 250 g/mol. The van der Waals surface area contributed by atoms with Gasteiger partial charge in [-0.05, 0) is 31.5 Å². The smallest absolute Gasteiger partial charge is 0.251 e. The van der Waals surface area contributed by atoms with E-state index in [0.717, 1.165) is 6.42 Å². The van der Waals surface area contributed by atoms with Gasteiger partial charge in [0.25, 0.3) is 5.91 Å². The van der Waals surface area contributed by atoms with Crippen LogP contribution in [0.25, 0.3) is 0 Å². The molecule has 1 aromatic carbocycles. The van der Waals surface area contributed by atoms with Gasteiger partial charge >= 0.3 is 0 Å². The van der Waals surface area contributed by atoms with Crippen molar-refractivity contribution < 1.29 is 14.3 Å². The molecule has 0 aliphatic carbocycles. The van der Waals surface area contributed by atoms with Crippen LogP contribution in [0.4, 0.5) is 0 Å². The summed E-state index contributed by atoms with van der Waals surface area (Å²) in [4.78, 5) is 22.7. The highest BCUT2D eigenvalue weighted by molar-refractivity contribution is 5.99. The zero-order chi connectivity index (χ0) is 13.4. The standard InChI is InChI=1S/C13H18N2O3/c1-2-18-8-4-7-15-13(17)11-6-3-5-10(9-11)12(14)16/h3,5-6,9H,2,4,7-8H2,1H3,(H2,14,16)(H,15,17). The normalized spacial score (nSPS) is 10.1. The summed E-state index contributed by atoms with van der Waals surface area (Å²) in [5.74, 6) is -0.754. The zero-order valence-corrected chi connectivity index (χ0v) is 10.4. The van der Waals surface area contributed by atoms with Crippen molar-refractivity contribution >= 4 is 11.8 Å². The van der Waals surface area contributed by atoms with E-state index in [2.05, 4.69) is 5.32 Å². The summed E-state index contributed by atoms with van der Waals surface area (Å²) >= 11 is 0. The number of hydrogen-bond donors (Lipinski definition) is 2. The summed E-state index contributed by atoms with van der Waals surface area (Å²) in [5.41, 5.74) is 5.91. The molecular weight excluding hydrogens is 232 g/mol. The highest BCUT2D eigenvalue weighted by Gasteiger charge is 2.07. The number of hydrogen-bond acceptors (Lipinski definition) is 3. The lowest BCUT2D eigenvalue weighted by atomic mass is 10.1. The van der Waals surface area contributed by atoms with Gasteiger partial charge in [-0.3, -0.25) is 9.59 Å². The summed E-state index contributed by atoms with van der Waals surface area (Å²) in [6, 6.07) is 6.34. The maximum Gasteiger partial charge on any atom is 0.251 e. The quantitative estimate of drug-likeness (QED) is 0.707. The Bertz CT molecular complexity index is 418. The first-order chi connectivity index (χ1) is 8.65. The third-order valence-electron chi connectivity index (χ3n) is 2.36. The number of rotatable bonds is 7. The van der Waals surface area contributed by atoms with Crippen molar-refractivity contribution in [3.05, 3.63) is 35.4 Å². The summed E-state index contributed by atoms with van der Waals surface area (Å²) in [6.07, 6.45) is 0.759. The minimum absolute atomic E-state index is 0.213. The minimum Gasteiger partial charge on any atom is -0.382 e. The van der Waals surface area contributed by atoms with E-state index in [1.54, 1.807) is 18.2 Å². The Kier molecular flexibility index (Phi) is 5.87. The molecule has 0 aliphatic rings. The Labute approximate surface area is 106 Å². The Balaban J connectivity index is 2.46.